The number of halogens is 2. The van der Waals surface area contributed by atoms with Crippen LogP contribution in [0.4, 0.5) is 4.39 Å². The number of aromatic nitrogens is 3. The van der Waals surface area contributed by atoms with Crippen molar-refractivity contribution in [1.82, 2.24) is 20.3 Å². The summed E-state index contributed by atoms with van der Waals surface area (Å²) in [7, 11) is 0. The van der Waals surface area contributed by atoms with Crippen molar-refractivity contribution in [2.75, 3.05) is 13.1 Å². The smallest absolute Gasteiger partial charge is 0.273 e. The minimum Gasteiger partial charge on any atom is -0.350 e. The molecule has 0 unspecified atom stereocenters. The van der Waals surface area contributed by atoms with Crippen molar-refractivity contribution in [2.24, 2.45) is 5.73 Å². The molecule has 1 aromatic carbocycles. The highest BCUT2D eigenvalue weighted by Gasteiger charge is 2.11. The number of nitrogens with two attached hydrogens (primary N) is 1. The summed E-state index contributed by atoms with van der Waals surface area (Å²) in [5, 5.41) is 10.5. The molecule has 6 nitrogen and oxygen atoms in total. The van der Waals surface area contributed by atoms with E-state index in [1.54, 1.807) is 6.07 Å². The molecule has 0 saturated heterocycles. The number of rotatable bonds is 6. The summed E-state index contributed by atoms with van der Waals surface area (Å²) in [6.07, 6.45) is 1.81. The van der Waals surface area contributed by atoms with Gasteiger partial charge >= 0.3 is 0 Å². The molecule has 0 bridgehead atoms. The monoisotopic (exact) mass is 311 g/mol. The van der Waals surface area contributed by atoms with Crippen LogP contribution < -0.4 is 11.1 Å². The molecule has 21 heavy (non-hydrogen) atoms. The third-order valence-electron chi connectivity index (χ3n) is 2.85. The van der Waals surface area contributed by atoms with Crippen LogP contribution >= 0.6 is 11.6 Å². The van der Waals surface area contributed by atoms with Crippen molar-refractivity contribution in [3.63, 3.8) is 0 Å². The van der Waals surface area contributed by atoms with E-state index < -0.39 is 0 Å². The fourth-order valence-electron chi connectivity index (χ4n) is 1.81. The van der Waals surface area contributed by atoms with E-state index in [1.807, 2.05) is 0 Å². The zero-order chi connectivity index (χ0) is 15.2. The van der Waals surface area contributed by atoms with Crippen LogP contribution in [0.1, 0.15) is 16.1 Å². The molecule has 0 aliphatic carbocycles. The molecule has 0 atom stereocenters. The van der Waals surface area contributed by atoms with E-state index in [0.29, 0.717) is 30.1 Å². The fraction of sp³-hybridized carbons (Fsp3) is 0.308. The van der Waals surface area contributed by atoms with Crippen molar-refractivity contribution in [3.05, 3.63) is 46.5 Å². The van der Waals surface area contributed by atoms with Crippen LogP contribution in [0, 0.1) is 5.82 Å². The summed E-state index contributed by atoms with van der Waals surface area (Å²) in [5.41, 5.74) is 5.96. The van der Waals surface area contributed by atoms with Gasteiger partial charge in [0, 0.05) is 23.7 Å². The molecule has 3 N–H and O–H groups in total. The molecule has 112 valence electrons. The maximum Gasteiger partial charge on any atom is 0.273 e. The molecular weight excluding hydrogens is 297 g/mol. The van der Waals surface area contributed by atoms with E-state index in [4.69, 9.17) is 17.3 Å². The molecule has 0 saturated carbocycles. The van der Waals surface area contributed by atoms with E-state index in [2.05, 4.69) is 15.6 Å². The second-order valence-corrected chi connectivity index (χ2v) is 4.77. The molecule has 2 aromatic rings. The van der Waals surface area contributed by atoms with Gasteiger partial charge in [-0.25, -0.2) is 4.39 Å². The van der Waals surface area contributed by atoms with Crippen molar-refractivity contribution in [1.29, 1.82) is 0 Å². The predicted molar refractivity (Wildman–Crippen MR) is 76.5 cm³/mol. The Kier molecular flexibility index (Phi) is 5.24. The largest absolute Gasteiger partial charge is 0.350 e. The SMILES string of the molecule is NCCn1cc(C(=O)NCCc2c(F)cccc2Cl)nn1. The average Bonchev–Trinajstić information content (AvgIpc) is 2.91. The third-order valence-corrected chi connectivity index (χ3v) is 3.21. The minimum atomic E-state index is -0.384. The highest BCUT2D eigenvalue weighted by molar-refractivity contribution is 6.31. The lowest BCUT2D eigenvalue weighted by Crippen LogP contribution is -2.26. The Morgan fingerprint density at radius 2 is 2.29 bits per heavy atom. The first-order valence-electron chi connectivity index (χ1n) is 6.43. The van der Waals surface area contributed by atoms with Crippen molar-refractivity contribution >= 4 is 17.5 Å². The molecule has 1 aromatic heterocycles. The lowest BCUT2D eigenvalue weighted by atomic mass is 10.1. The normalized spacial score (nSPS) is 10.6. The van der Waals surface area contributed by atoms with Crippen LogP contribution in [-0.2, 0) is 13.0 Å². The van der Waals surface area contributed by atoms with Crippen LogP contribution in [0.2, 0.25) is 5.02 Å². The molecule has 0 fully saturated rings. The van der Waals surface area contributed by atoms with Crippen molar-refractivity contribution < 1.29 is 9.18 Å². The van der Waals surface area contributed by atoms with Gasteiger partial charge in [-0.3, -0.25) is 9.48 Å². The van der Waals surface area contributed by atoms with Crippen molar-refractivity contribution in [3.8, 4) is 0 Å². The molecule has 0 aliphatic rings. The van der Waals surface area contributed by atoms with E-state index in [9.17, 15) is 9.18 Å². The third kappa shape index (κ3) is 3.99. The Bertz CT molecular complexity index is 611. The van der Waals surface area contributed by atoms with Crippen LogP contribution in [0.15, 0.2) is 24.4 Å². The van der Waals surface area contributed by atoms with Crippen LogP contribution in [0.3, 0.4) is 0 Å². The lowest BCUT2D eigenvalue weighted by Gasteiger charge is -2.06. The Balaban J connectivity index is 1.89. The second kappa shape index (κ2) is 7.14. The van der Waals surface area contributed by atoms with Gasteiger partial charge in [0.15, 0.2) is 5.69 Å². The standard InChI is InChI=1S/C13H15ClFN5O/c14-10-2-1-3-11(15)9(10)4-6-17-13(21)12-8-20(7-5-16)19-18-12/h1-3,8H,4-7,16H2,(H,17,21). The van der Waals surface area contributed by atoms with Gasteiger partial charge in [0.25, 0.3) is 5.91 Å². The Morgan fingerprint density at radius 3 is 3.00 bits per heavy atom. The van der Waals surface area contributed by atoms with Gasteiger partial charge in [-0.05, 0) is 18.6 Å². The number of amides is 1. The summed E-state index contributed by atoms with van der Waals surface area (Å²) < 4.78 is 15.0. The Labute approximate surface area is 126 Å². The highest BCUT2D eigenvalue weighted by atomic mass is 35.5. The first kappa shape index (κ1) is 15.4. The number of hydrogen-bond donors (Lipinski definition) is 2. The molecule has 0 spiro atoms. The minimum absolute atomic E-state index is 0.197. The predicted octanol–water partition coefficient (Wildman–Crippen LogP) is 1.00. The number of nitrogens with one attached hydrogen (secondary N) is 1. The van der Waals surface area contributed by atoms with Gasteiger partial charge in [-0.15, -0.1) is 5.10 Å². The molecule has 8 heteroatoms. The number of carbonyl (C=O) groups excluding carboxylic acids is 1. The molecule has 0 aliphatic heterocycles. The Hall–Kier alpha value is -1.99. The van der Waals surface area contributed by atoms with Gasteiger partial charge in [-0.1, -0.05) is 22.9 Å². The van der Waals surface area contributed by atoms with E-state index in [-0.39, 0.29) is 24.0 Å². The van der Waals surface area contributed by atoms with Gasteiger partial charge in [-0.2, -0.15) is 0 Å². The summed E-state index contributed by atoms with van der Waals surface area (Å²) in [4.78, 5) is 11.8. The first-order chi connectivity index (χ1) is 10.1. The average molecular weight is 312 g/mol. The van der Waals surface area contributed by atoms with Crippen LogP contribution in [-0.4, -0.2) is 34.0 Å². The molecular formula is C13H15ClFN5O. The first-order valence-corrected chi connectivity index (χ1v) is 6.81. The molecule has 1 amide bonds. The number of benzene rings is 1. The Morgan fingerprint density at radius 1 is 1.48 bits per heavy atom. The zero-order valence-electron chi connectivity index (χ0n) is 11.2. The van der Waals surface area contributed by atoms with E-state index >= 15 is 0 Å². The van der Waals surface area contributed by atoms with E-state index in [1.165, 1.54) is 23.0 Å². The van der Waals surface area contributed by atoms with Gasteiger partial charge < -0.3 is 11.1 Å². The topological polar surface area (TPSA) is 85.8 Å². The maximum absolute atomic E-state index is 13.6. The molecule has 0 radical (unpaired) electrons. The van der Waals surface area contributed by atoms with Crippen LogP contribution in [0.5, 0.6) is 0 Å². The van der Waals surface area contributed by atoms with Gasteiger partial charge in [0.05, 0.1) is 12.7 Å². The van der Waals surface area contributed by atoms with Gasteiger partial charge in [0.1, 0.15) is 5.82 Å². The number of nitrogens with zero attached hydrogens (tertiary/aromatic N) is 3. The fourth-order valence-corrected chi connectivity index (χ4v) is 2.06. The second-order valence-electron chi connectivity index (χ2n) is 4.36. The number of carbonyl (C=O) groups is 1. The summed E-state index contributed by atoms with van der Waals surface area (Å²) in [6, 6.07) is 4.48. The van der Waals surface area contributed by atoms with Crippen LogP contribution in [0.25, 0.3) is 0 Å². The van der Waals surface area contributed by atoms with Gasteiger partial charge in [0.2, 0.25) is 0 Å². The summed E-state index contributed by atoms with van der Waals surface area (Å²) in [6.45, 7) is 1.16. The van der Waals surface area contributed by atoms with E-state index in [0.717, 1.165) is 0 Å². The summed E-state index contributed by atoms with van der Waals surface area (Å²) in [5.74, 6) is -0.753. The highest BCUT2D eigenvalue weighted by Crippen LogP contribution is 2.18. The zero-order valence-corrected chi connectivity index (χ0v) is 12.0. The lowest BCUT2D eigenvalue weighted by molar-refractivity contribution is 0.0949. The van der Waals surface area contributed by atoms with Crippen molar-refractivity contribution in [2.45, 2.75) is 13.0 Å². The number of hydrogen-bond acceptors (Lipinski definition) is 4. The molecule has 2 rings (SSSR count). The summed E-state index contributed by atoms with van der Waals surface area (Å²) >= 11 is 5.91. The maximum atomic E-state index is 13.6. The quantitative estimate of drug-likeness (QED) is 0.833. The molecule has 1 heterocycles.